The standard InChI is InChI=1S/C14H26N2O2.ClH/c1-14(2)11(8-12(14)18-3)16-13(17)9-5-4-6-10(15)7-9;/h9-12H,4-8,15H2,1-3H3,(H,16,17);1H. The highest BCUT2D eigenvalue weighted by Crippen LogP contribution is 2.42. The molecule has 0 radical (unpaired) electrons. The smallest absolute Gasteiger partial charge is 0.223 e. The number of halogens is 1. The van der Waals surface area contributed by atoms with Crippen molar-refractivity contribution in [2.45, 2.75) is 64.1 Å². The normalized spacial score (nSPS) is 36.8. The number of hydrogen-bond donors (Lipinski definition) is 2. The number of ether oxygens (including phenoxy) is 1. The second-order valence-electron chi connectivity index (χ2n) is 6.47. The minimum Gasteiger partial charge on any atom is -0.381 e. The van der Waals surface area contributed by atoms with Crippen LogP contribution in [0.4, 0.5) is 0 Å². The number of carbonyl (C=O) groups is 1. The average molecular weight is 291 g/mol. The summed E-state index contributed by atoms with van der Waals surface area (Å²) in [6, 6.07) is 0.448. The number of amides is 1. The molecule has 4 atom stereocenters. The molecule has 2 fully saturated rings. The zero-order valence-electron chi connectivity index (χ0n) is 12.1. The van der Waals surface area contributed by atoms with E-state index in [1.54, 1.807) is 7.11 Å². The first kappa shape index (κ1) is 16.7. The van der Waals surface area contributed by atoms with Crippen LogP contribution in [-0.4, -0.2) is 31.2 Å². The molecule has 5 heteroatoms. The Morgan fingerprint density at radius 2 is 2.00 bits per heavy atom. The first-order valence-corrected chi connectivity index (χ1v) is 7.04. The lowest BCUT2D eigenvalue weighted by atomic mass is 9.64. The zero-order valence-corrected chi connectivity index (χ0v) is 13.0. The molecule has 0 heterocycles. The number of nitrogens with two attached hydrogens (primary N) is 1. The van der Waals surface area contributed by atoms with Gasteiger partial charge in [-0.25, -0.2) is 0 Å². The topological polar surface area (TPSA) is 64.3 Å². The van der Waals surface area contributed by atoms with Gasteiger partial charge in [0.15, 0.2) is 0 Å². The molecule has 0 aromatic carbocycles. The van der Waals surface area contributed by atoms with E-state index in [0.717, 1.165) is 32.1 Å². The van der Waals surface area contributed by atoms with Gasteiger partial charge >= 0.3 is 0 Å². The van der Waals surface area contributed by atoms with Crippen molar-refractivity contribution in [1.82, 2.24) is 5.32 Å². The van der Waals surface area contributed by atoms with E-state index in [0.29, 0.717) is 0 Å². The lowest BCUT2D eigenvalue weighted by molar-refractivity contribution is -0.137. The van der Waals surface area contributed by atoms with E-state index in [9.17, 15) is 4.79 Å². The highest BCUT2D eigenvalue weighted by molar-refractivity contribution is 5.85. The molecule has 112 valence electrons. The van der Waals surface area contributed by atoms with Crippen molar-refractivity contribution < 1.29 is 9.53 Å². The van der Waals surface area contributed by atoms with Crippen molar-refractivity contribution in [2.75, 3.05) is 7.11 Å². The molecule has 0 saturated heterocycles. The predicted octanol–water partition coefficient (Wildman–Crippen LogP) is 1.86. The molecule has 0 aromatic heterocycles. The lowest BCUT2D eigenvalue weighted by Crippen LogP contribution is -2.62. The molecule has 2 rings (SSSR count). The molecule has 1 amide bonds. The quantitative estimate of drug-likeness (QED) is 0.834. The van der Waals surface area contributed by atoms with E-state index in [1.165, 1.54) is 0 Å². The Morgan fingerprint density at radius 3 is 2.53 bits per heavy atom. The van der Waals surface area contributed by atoms with E-state index in [2.05, 4.69) is 19.2 Å². The minimum absolute atomic E-state index is 0. The molecule has 2 saturated carbocycles. The largest absolute Gasteiger partial charge is 0.381 e. The van der Waals surface area contributed by atoms with Gasteiger partial charge in [0.2, 0.25) is 5.91 Å². The fourth-order valence-corrected chi connectivity index (χ4v) is 3.29. The number of rotatable bonds is 3. The Bertz CT molecular complexity index is 323. The summed E-state index contributed by atoms with van der Waals surface area (Å²) in [5.41, 5.74) is 5.98. The maximum absolute atomic E-state index is 12.2. The van der Waals surface area contributed by atoms with E-state index in [4.69, 9.17) is 10.5 Å². The van der Waals surface area contributed by atoms with Crippen LogP contribution in [0.2, 0.25) is 0 Å². The van der Waals surface area contributed by atoms with E-state index < -0.39 is 0 Å². The summed E-state index contributed by atoms with van der Waals surface area (Å²) >= 11 is 0. The van der Waals surface area contributed by atoms with Gasteiger partial charge in [0.05, 0.1) is 6.10 Å². The third-order valence-corrected chi connectivity index (χ3v) is 4.86. The van der Waals surface area contributed by atoms with E-state index in [-0.39, 0.29) is 47.8 Å². The van der Waals surface area contributed by atoms with Crippen LogP contribution in [0, 0.1) is 11.3 Å². The van der Waals surface area contributed by atoms with Crippen molar-refractivity contribution in [3.8, 4) is 0 Å². The van der Waals surface area contributed by atoms with E-state index in [1.807, 2.05) is 0 Å². The number of nitrogens with one attached hydrogen (secondary N) is 1. The molecule has 0 aromatic rings. The first-order chi connectivity index (χ1) is 8.45. The maximum atomic E-state index is 12.2. The number of methoxy groups -OCH3 is 1. The van der Waals surface area contributed by atoms with Crippen LogP contribution >= 0.6 is 12.4 Å². The number of hydrogen-bond acceptors (Lipinski definition) is 3. The van der Waals surface area contributed by atoms with Gasteiger partial charge in [0.1, 0.15) is 0 Å². The van der Waals surface area contributed by atoms with Crippen LogP contribution in [0.15, 0.2) is 0 Å². The summed E-state index contributed by atoms with van der Waals surface area (Å²) in [5, 5.41) is 3.19. The molecule has 19 heavy (non-hydrogen) atoms. The Hall–Kier alpha value is -0.320. The third kappa shape index (κ3) is 3.41. The first-order valence-electron chi connectivity index (χ1n) is 7.04. The Kier molecular flexibility index (Phi) is 5.65. The highest BCUT2D eigenvalue weighted by Gasteiger charge is 2.49. The second-order valence-corrected chi connectivity index (χ2v) is 6.47. The summed E-state index contributed by atoms with van der Waals surface area (Å²) in [6.45, 7) is 4.31. The van der Waals surface area contributed by atoms with Crippen LogP contribution in [0.25, 0.3) is 0 Å². The molecule has 2 aliphatic rings. The summed E-state index contributed by atoms with van der Waals surface area (Å²) < 4.78 is 5.40. The van der Waals surface area contributed by atoms with Crippen molar-refractivity contribution >= 4 is 18.3 Å². The van der Waals surface area contributed by atoms with E-state index >= 15 is 0 Å². The fraction of sp³-hybridized carbons (Fsp3) is 0.929. The predicted molar refractivity (Wildman–Crippen MR) is 78.3 cm³/mol. The molecular formula is C14H27ClN2O2. The Balaban J connectivity index is 0.00000180. The fourth-order valence-electron chi connectivity index (χ4n) is 3.29. The molecule has 2 aliphatic carbocycles. The van der Waals surface area contributed by atoms with Gasteiger partial charge in [0, 0.05) is 30.5 Å². The van der Waals surface area contributed by atoms with Gasteiger partial charge in [0.25, 0.3) is 0 Å². The van der Waals surface area contributed by atoms with Crippen LogP contribution in [0.3, 0.4) is 0 Å². The van der Waals surface area contributed by atoms with Crippen LogP contribution in [-0.2, 0) is 9.53 Å². The SMILES string of the molecule is COC1CC(NC(=O)C2CCCC(N)C2)C1(C)C.Cl. The summed E-state index contributed by atoms with van der Waals surface area (Å²) in [7, 11) is 1.74. The lowest BCUT2D eigenvalue weighted by Gasteiger charge is -2.51. The Labute approximate surface area is 122 Å². The van der Waals surface area contributed by atoms with Crippen LogP contribution in [0.1, 0.15) is 46.0 Å². The minimum atomic E-state index is 0. The maximum Gasteiger partial charge on any atom is 0.223 e. The monoisotopic (exact) mass is 290 g/mol. The summed E-state index contributed by atoms with van der Waals surface area (Å²) in [6.07, 6.45) is 5.15. The molecule has 0 aliphatic heterocycles. The van der Waals surface area contributed by atoms with Gasteiger partial charge in [-0.2, -0.15) is 0 Å². The average Bonchev–Trinajstić information content (AvgIpc) is 2.33. The second kappa shape index (κ2) is 6.42. The third-order valence-electron chi connectivity index (χ3n) is 4.86. The van der Waals surface area contributed by atoms with Gasteiger partial charge in [-0.3, -0.25) is 4.79 Å². The molecular weight excluding hydrogens is 264 g/mol. The van der Waals surface area contributed by atoms with Crippen molar-refractivity contribution in [2.24, 2.45) is 17.1 Å². The van der Waals surface area contributed by atoms with Crippen LogP contribution < -0.4 is 11.1 Å². The van der Waals surface area contributed by atoms with Gasteiger partial charge < -0.3 is 15.8 Å². The Morgan fingerprint density at radius 1 is 1.32 bits per heavy atom. The molecule has 0 spiro atoms. The number of carbonyl (C=O) groups excluding carboxylic acids is 1. The van der Waals surface area contributed by atoms with Gasteiger partial charge in [-0.15, -0.1) is 12.4 Å². The zero-order chi connectivity index (χ0) is 13.3. The molecule has 0 bridgehead atoms. The summed E-state index contributed by atoms with van der Waals surface area (Å²) in [4.78, 5) is 12.2. The molecule has 4 nitrogen and oxygen atoms in total. The molecule has 4 unspecified atom stereocenters. The summed E-state index contributed by atoms with van der Waals surface area (Å²) in [5.74, 6) is 0.309. The van der Waals surface area contributed by atoms with Gasteiger partial charge in [-0.1, -0.05) is 20.3 Å². The molecule has 3 N–H and O–H groups in total. The van der Waals surface area contributed by atoms with Crippen molar-refractivity contribution in [3.63, 3.8) is 0 Å². The van der Waals surface area contributed by atoms with Crippen molar-refractivity contribution in [3.05, 3.63) is 0 Å². The van der Waals surface area contributed by atoms with Crippen LogP contribution in [0.5, 0.6) is 0 Å². The highest BCUT2D eigenvalue weighted by atomic mass is 35.5. The van der Waals surface area contributed by atoms with Crippen molar-refractivity contribution in [1.29, 1.82) is 0 Å². The van der Waals surface area contributed by atoms with Gasteiger partial charge in [-0.05, 0) is 25.7 Å².